The minimum atomic E-state index is -0.373. The van der Waals surface area contributed by atoms with Gasteiger partial charge < -0.3 is 15.2 Å². The first-order valence-corrected chi connectivity index (χ1v) is 6.18. The topological polar surface area (TPSA) is 58.6 Å². The molecule has 4 nitrogen and oxygen atoms in total. The van der Waals surface area contributed by atoms with Crippen LogP contribution in [0.2, 0.25) is 0 Å². The highest BCUT2D eigenvalue weighted by Gasteiger charge is 2.19. The third kappa shape index (κ3) is 3.12. The molecule has 19 heavy (non-hydrogen) atoms. The van der Waals surface area contributed by atoms with Crippen LogP contribution in [0.1, 0.15) is 18.9 Å². The maximum absolute atomic E-state index is 13.1. The van der Waals surface area contributed by atoms with Crippen LogP contribution in [0.5, 0.6) is 5.75 Å². The first-order chi connectivity index (χ1) is 9.13. The van der Waals surface area contributed by atoms with Crippen LogP contribution >= 0.6 is 0 Å². The number of hydrogen-bond acceptors (Lipinski definition) is 3. The molecule has 2 N–H and O–H groups in total. The molecule has 0 fully saturated rings. The molecule has 0 radical (unpaired) electrons. The number of carbonyl (C=O) groups is 1. The quantitative estimate of drug-likeness (QED) is 0.867. The van der Waals surface area contributed by atoms with Gasteiger partial charge in [-0.2, -0.15) is 0 Å². The van der Waals surface area contributed by atoms with E-state index >= 15 is 0 Å². The summed E-state index contributed by atoms with van der Waals surface area (Å²) in [7, 11) is 0. The van der Waals surface area contributed by atoms with Gasteiger partial charge in [-0.15, -0.1) is 0 Å². The maximum Gasteiger partial charge on any atom is 0.250 e. The van der Waals surface area contributed by atoms with Gasteiger partial charge >= 0.3 is 0 Å². The SMILES string of the molecule is CCC(CO)NC(=O)C1=Cc2cc(F)ccc2OC1. The fourth-order valence-corrected chi connectivity index (χ4v) is 1.83. The molecule has 0 saturated heterocycles. The zero-order chi connectivity index (χ0) is 13.8. The molecule has 1 aromatic rings. The molecule has 1 aliphatic heterocycles. The molecule has 1 atom stereocenters. The van der Waals surface area contributed by atoms with Crippen molar-refractivity contribution < 1.29 is 19.0 Å². The van der Waals surface area contributed by atoms with Crippen LogP contribution in [-0.2, 0) is 4.79 Å². The smallest absolute Gasteiger partial charge is 0.250 e. The van der Waals surface area contributed by atoms with Crippen molar-refractivity contribution in [2.24, 2.45) is 0 Å². The summed E-state index contributed by atoms with van der Waals surface area (Å²) >= 11 is 0. The van der Waals surface area contributed by atoms with Gasteiger partial charge in [0.15, 0.2) is 0 Å². The van der Waals surface area contributed by atoms with E-state index in [0.29, 0.717) is 23.3 Å². The van der Waals surface area contributed by atoms with Crippen LogP contribution in [0.25, 0.3) is 6.08 Å². The number of aliphatic hydroxyl groups excluding tert-OH is 1. The lowest BCUT2D eigenvalue weighted by molar-refractivity contribution is -0.118. The summed E-state index contributed by atoms with van der Waals surface area (Å²) < 4.78 is 18.5. The Balaban J connectivity index is 2.16. The second-order valence-corrected chi connectivity index (χ2v) is 4.40. The van der Waals surface area contributed by atoms with E-state index in [-0.39, 0.29) is 31.0 Å². The highest BCUT2D eigenvalue weighted by Crippen LogP contribution is 2.26. The van der Waals surface area contributed by atoms with Gasteiger partial charge in [-0.1, -0.05) is 6.92 Å². The van der Waals surface area contributed by atoms with Gasteiger partial charge in [0.1, 0.15) is 18.2 Å². The summed E-state index contributed by atoms with van der Waals surface area (Å²) in [6.07, 6.45) is 2.25. The van der Waals surface area contributed by atoms with Gasteiger partial charge in [-0.3, -0.25) is 4.79 Å². The van der Waals surface area contributed by atoms with E-state index in [1.54, 1.807) is 12.1 Å². The van der Waals surface area contributed by atoms with Crippen LogP contribution in [0.4, 0.5) is 4.39 Å². The summed E-state index contributed by atoms with van der Waals surface area (Å²) in [5.74, 6) is -0.106. The summed E-state index contributed by atoms with van der Waals surface area (Å²) in [4.78, 5) is 12.0. The number of hydrogen-bond donors (Lipinski definition) is 2. The lowest BCUT2D eigenvalue weighted by Gasteiger charge is -2.20. The Bertz CT molecular complexity index is 509. The highest BCUT2D eigenvalue weighted by molar-refractivity contribution is 5.99. The molecule has 0 saturated carbocycles. The predicted molar refractivity (Wildman–Crippen MR) is 69.2 cm³/mol. The highest BCUT2D eigenvalue weighted by atomic mass is 19.1. The fraction of sp³-hybridized carbons (Fsp3) is 0.357. The molecule has 1 aliphatic rings. The van der Waals surface area contributed by atoms with Crippen molar-refractivity contribution in [3.8, 4) is 5.75 Å². The summed E-state index contributed by atoms with van der Waals surface area (Å²) in [5.41, 5.74) is 0.971. The van der Waals surface area contributed by atoms with Crippen LogP contribution < -0.4 is 10.1 Å². The number of ether oxygens (including phenoxy) is 1. The number of benzene rings is 1. The molecule has 0 bridgehead atoms. The minimum Gasteiger partial charge on any atom is -0.488 e. The number of aliphatic hydroxyl groups is 1. The average molecular weight is 265 g/mol. The lowest BCUT2D eigenvalue weighted by atomic mass is 10.1. The second kappa shape index (κ2) is 5.84. The molecule has 1 amide bonds. The third-order valence-electron chi connectivity index (χ3n) is 3.02. The van der Waals surface area contributed by atoms with E-state index < -0.39 is 0 Å². The molecule has 0 spiro atoms. The molecule has 5 heteroatoms. The van der Waals surface area contributed by atoms with Crippen molar-refractivity contribution in [3.63, 3.8) is 0 Å². The summed E-state index contributed by atoms with van der Waals surface area (Å²) in [6.45, 7) is 1.91. The van der Waals surface area contributed by atoms with Gasteiger partial charge in [-0.05, 0) is 30.7 Å². The molecule has 1 unspecified atom stereocenters. The predicted octanol–water partition coefficient (Wildman–Crippen LogP) is 1.49. The Morgan fingerprint density at radius 3 is 3.05 bits per heavy atom. The van der Waals surface area contributed by atoms with Crippen LogP contribution in [-0.4, -0.2) is 30.3 Å². The summed E-state index contributed by atoms with van der Waals surface area (Å²) in [6, 6.07) is 3.91. The molecule has 1 heterocycles. The Kier molecular flexibility index (Phi) is 4.16. The van der Waals surface area contributed by atoms with E-state index in [1.807, 2.05) is 6.92 Å². The van der Waals surface area contributed by atoms with Gasteiger partial charge in [-0.25, -0.2) is 4.39 Å². The molecule has 102 valence electrons. The molecular formula is C14H16FNO3. The van der Waals surface area contributed by atoms with E-state index in [0.717, 1.165) is 0 Å². The number of nitrogens with one attached hydrogen (secondary N) is 1. The van der Waals surface area contributed by atoms with Crippen molar-refractivity contribution in [1.82, 2.24) is 5.32 Å². The first-order valence-electron chi connectivity index (χ1n) is 6.18. The number of rotatable bonds is 4. The van der Waals surface area contributed by atoms with Gasteiger partial charge in [0.05, 0.1) is 18.2 Å². The van der Waals surface area contributed by atoms with Crippen molar-refractivity contribution in [2.45, 2.75) is 19.4 Å². The normalized spacial score (nSPS) is 15.0. The van der Waals surface area contributed by atoms with Crippen molar-refractivity contribution in [1.29, 1.82) is 0 Å². The zero-order valence-electron chi connectivity index (χ0n) is 10.6. The Hall–Kier alpha value is -1.88. The Morgan fingerprint density at radius 1 is 1.58 bits per heavy atom. The van der Waals surface area contributed by atoms with E-state index in [2.05, 4.69) is 5.32 Å². The van der Waals surface area contributed by atoms with Crippen LogP contribution in [0, 0.1) is 5.82 Å². The first kappa shape index (κ1) is 13.5. The minimum absolute atomic E-state index is 0.110. The van der Waals surface area contributed by atoms with Crippen molar-refractivity contribution >= 4 is 12.0 Å². The number of carbonyl (C=O) groups excluding carboxylic acids is 1. The Morgan fingerprint density at radius 2 is 2.37 bits per heavy atom. The second-order valence-electron chi connectivity index (χ2n) is 4.40. The molecule has 2 rings (SSSR count). The van der Waals surface area contributed by atoms with E-state index in [4.69, 9.17) is 9.84 Å². The number of amides is 1. The monoisotopic (exact) mass is 265 g/mol. The Labute approximate surface area is 110 Å². The van der Waals surface area contributed by atoms with Gasteiger partial charge in [0, 0.05) is 5.56 Å². The molecule has 1 aromatic carbocycles. The van der Waals surface area contributed by atoms with Gasteiger partial charge in [0.25, 0.3) is 5.91 Å². The largest absolute Gasteiger partial charge is 0.488 e. The van der Waals surface area contributed by atoms with Gasteiger partial charge in [0.2, 0.25) is 0 Å². The molecule has 0 aromatic heterocycles. The fourth-order valence-electron chi connectivity index (χ4n) is 1.83. The molecular weight excluding hydrogens is 249 g/mol. The number of halogens is 1. The number of fused-ring (bicyclic) bond motifs is 1. The third-order valence-corrected chi connectivity index (χ3v) is 3.02. The van der Waals surface area contributed by atoms with Crippen LogP contribution in [0.3, 0.4) is 0 Å². The maximum atomic E-state index is 13.1. The standard InChI is InChI=1S/C14H16FNO3/c1-2-12(7-17)16-14(18)10-5-9-6-11(15)3-4-13(9)19-8-10/h3-6,12,17H,2,7-8H2,1H3,(H,16,18). The summed E-state index contributed by atoms with van der Waals surface area (Å²) in [5, 5.41) is 11.8. The van der Waals surface area contributed by atoms with Crippen LogP contribution in [0.15, 0.2) is 23.8 Å². The van der Waals surface area contributed by atoms with Crippen molar-refractivity contribution in [2.75, 3.05) is 13.2 Å². The zero-order valence-corrected chi connectivity index (χ0v) is 10.6. The average Bonchev–Trinajstić information content (AvgIpc) is 2.43. The van der Waals surface area contributed by atoms with E-state index in [9.17, 15) is 9.18 Å². The lowest BCUT2D eigenvalue weighted by Crippen LogP contribution is -2.39. The van der Waals surface area contributed by atoms with E-state index in [1.165, 1.54) is 12.1 Å². The van der Waals surface area contributed by atoms with Crippen molar-refractivity contribution in [3.05, 3.63) is 35.2 Å². The molecule has 0 aliphatic carbocycles.